The highest BCUT2D eigenvalue weighted by atomic mass is 16.6. The van der Waals surface area contributed by atoms with Gasteiger partial charge in [0.05, 0.1) is 25.9 Å². The number of hydrogen-bond donors (Lipinski definition) is 0. The van der Waals surface area contributed by atoms with Crippen LogP contribution in [0.15, 0.2) is 24.3 Å². The number of aryl methyl sites for hydroxylation is 1. The highest BCUT2D eigenvalue weighted by molar-refractivity contribution is 5.69. The van der Waals surface area contributed by atoms with Gasteiger partial charge in [0, 0.05) is 6.42 Å². The number of rotatable bonds is 9. The van der Waals surface area contributed by atoms with Gasteiger partial charge < -0.3 is 14.2 Å². The van der Waals surface area contributed by atoms with Crippen LogP contribution in [0.25, 0.3) is 6.08 Å². The fourth-order valence-electron chi connectivity index (χ4n) is 2.43. The van der Waals surface area contributed by atoms with Crippen molar-refractivity contribution in [1.82, 2.24) is 0 Å². The summed E-state index contributed by atoms with van der Waals surface area (Å²) in [6.07, 6.45) is 5.49. The van der Waals surface area contributed by atoms with Crippen molar-refractivity contribution < 1.29 is 19.0 Å². The monoisotopic (exact) mass is 318 g/mol. The summed E-state index contributed by atoms with van der Waals surface area (Å²) in [6.45, 7) is 7.85. The quantitative estimate of drug-likeness (QED) is 0.513. The Kier molecular flexibility index (Phi) is 6.81. The first-order valence-electron chi connectivity index (χ1n) is 8.26. The first-order chi connectivity index (χ1) is 11.1. The van der Waals surface area contributed by atoms with Crippen LogP contribution in [0.4, 0.5) is 0 Å². The van der Waals surface area contributed by atoms with Crippen molar-refractivity contribution in [3.05, 3.63) is 41.0 Å². The lowest BCUT2D eigenvalue weighted by molar-refractivity contribution is -0.142. The summed E-state index contributed by atoms with van der Waals surface area (Å²) in [5, 5.41) is 0. The van der Waals surface area contributed by atoms with Crippen molar-refractivity contribution in [3.63, 3.8) is 0 Å². The Morgan fingerprint density at radius 2 is 2.26 bits per heavy atom. The van der Waals surface area contributed by atoms with Crippen molar-refractivity contribution in [3.8, 4) is 0 Å². The second-order valence-corrected chi connectivity index (χ2v) is 5.75. The normalized spacial score (nSPS) is 18.1. The second kappa shape index (κ2) is 8.85. The van der Waals surface area contributed by atoms with Crippen molar-refractivity contribution in [1.29, 1.82) is 0 Å². The zero-order valence-corrected chi connectivity index (χ0v) is 14.2. The van der Waals surface area contributed by atoms with Gasteiger partial charge in [0.25, 0.3) is 0 Å². The summed E-state index contributed by atoms with van der Waals surface area (Å²) < 4.78 is 16.0. The SMILES string of the molecule is CCOC(=O)CCC=Cc1c(C)cccc1[C@@H](C)OCC1CO1. The predicted octanol–water partition coefficient (Wildman–Crippen LogP) is 3.83. The number of carbonyl (C=O) groups excluding carboxylic acids is 1. The molecular formula is C19H26O4. The Morgan fingerprint density at radius 1 is 1.48 bits per heavy atom. The molecule has 0 bridgehead atoms. The molecule has 1 fully saturated rings. The molecule has 1 aromatic rings. The maximum absolute atomic E-state index is 11.4. The van der Waals surface area contributed by atoms with E-state index in [4.69, 9.17) is 14.2 Å². The zero-order chi connectivity index (χ0) is 16.7. The van der Waals surface area contributed by atoms with Gasteiger partial charge in [0.2, 0.25) is 0 Å². The van der Waals surface area contributed by atoms with Crippen molar-refractivity contribution in [2.24, 2.45) is 0 Å². The predicted molar refractivity (Wildman–Crippen MR) is 90.2 cm³/mol. The molecule has 1 heterocycles. The average Bonchev–Trinajstić information content (AvgIpc) is 3.35. The summed E-state index contributed by atoms with van der Waals surface area (Å²) in [5.74, 6) is -0.150. The molecular weight excluding hydrogens is 292 g/mol. The maximum Gasteiger partial charge on any atom is 0.306 e. The topological polar surface area (TPSA) is 48.1 Å². The van der Waals surface area contributed by atoms with Gasteiger partial charge in [-0.2, -0.15) is 0 Å². The van der Waals surface area contributed by atoms with E-state index in [1.807, 2.05) is 19.1 Å². The molecule has 23 heavy (non-hydrogen) atoms. The van der Waals surface area contributed by atoms with Crippen LogP contribution >= 0.6 is 0 Å². The van der Waals surface area contributed by atoms with E-state index < -0.39 is 0 Å². The van der Waals surface area contributed by atoms with Crippen LogP contribution in [-0.2, 0) is 19.0 Å². The molecule has 0 aromatic heterocycles. The molecule has 1 aliphatic heterocycles. The van der Waals surface area contributed by atoms with E-state index in [9.17, 15) is 4.79 Å². The van der Waals surface area contributed by atoms with Crippen LogP contribution in [0.5, 0.6) is 0 Å². The number of benzene rings is 1. The van der Waals surface area contributed by atoms with Crippen LogP contribution in [0.3, 0.4) is 0 Å². The van der Waals surface area contributed by atoms with Crippen molar-refractivity contribution in [2.45, 2.75) is 45.8 Å². The smallest absolute Gasteiger partial charge is 0.306 e. The highest BCUT2D eigenvalue weighted by Crippen LogP contribution is 2.26. The summed E-state index contributed by atoms with van der Waals surface area (Å²) in [6, 6.07) is 6.23. The van der Waals surface area contributed by atoms with Gasteiger partial charge in [0.1, 0.15) is 6.10 Å². The summed E-state index contributed by atoms with van der Waals surface area (Å²) >= 11 is 0. The third-order valence-corrected chi connectivity index (χ3v) is 3.84. The minimum Gasteiger partial charge on any atom is -0.466 e. The van der Waals surface area contributed by atoms with E-state index in [1.54, 1.807) is 0 Å². The van der Waals surface area contributed by atoms with Crippen LogP contribution in [-0.4, -0.2) is 31.9 Å². The van der Waals surface area contributed by atoms with Gasteiger partial charge in [0.15, 0.2) is 0 Å². The van der Waals surface area contributed by atoms with Gasteiger partial charge in [-0.1, -0.05) is 30.4 Å². The molecule has 1 saturated heterocycles. The van der Waals surface area contributed by atoms with Gasteiger partial charge >= 0.3 is 5.97 Å². The van der Waals surface area contributed by atoms with E-state index in [0.29, 0.717) is 26.1 Å². The minimum atomic E-state index is -0.150. The number of epoxide rings is 1. The van der Waals surface area contributed by atoms with Crippen molar-refractivity contribution >= 4 is 12.0 Å². The number of hydrogen-bond acceptors (Lipinski definition) is 4. The van der Waals surface area contributed by atoms with E-state index in [-0.39, 0.29) is 18.2 Å². The fourth-order valence-corrected chi connectivity index (χ4v) is 2.43. The summed E-state index contributed by atoms with van der Waals surface area (Å²) in [4.78, 5) is 11.4. The van der Waals surface area contributed by atoms with Gasteiger partial charge in [-0.25, -0.2) is 0 Å². The molecule has 1 unspecified atom stereocenters. The molecule has 0 radical (unpaired) electrons. The molecule has 0 spiro atoms. The van der Waals surface area contributed by atoms with Gasteiger partial charge in [-0.3, -0.25) is 4.79 Å². The Balaban J connectivity index is 1.97. The summed E-state index contributed by atoms with van der Waals surface area (Å²) in [5.41, 5.74) is 3.53. The van der Waals surface area contributed by atoms with Crippen LogP contribution in [0.2, 0.25) is 0 Å². The Morgan fingerprint density at radius 3 is 2.96 bits per heavy atom. The van der Waals surface area contributed by atoms with E-state index in [0.717, 1.165) is 12.2 Å². The molecule has 0 aliphatic carbocycles. The van der Waals surface area contributed by atoms with Crippen molar-refractivity contribution in [2.75, 3.05) is 19.8 Å². The molecule has 0 saturated carbocycles. The third-order valence-electron chi connectivity index (χ3n) is 3.84. The number of allylic oxidation sites excluding steroid dienone is 1. The zero-order valence-electron chi connectivity index (χ0n) is 14.2. The lowest BCUT2D eigenvalue weighted by Gasteiger charge is -2.17. The van der Waals surface area contributed by atoms with Crippen LogP contribution in [0, 0.1) is 6.92 Å². The lowest BCUT2D eigenvalue weighted by Crippen LogP contribution is -2.08. The summed E-state index contributed by atoms with van der Waals surface area (Å²) in [7, 11) is 0. The molecule has 126 valence electrons. The number of ether oxygens (including phenoxy) is 3. The standard InChI is InChI=1S/C19H26O4/c1-4-21-19(20)11-6-5-9-17-14(2)8-7-10-18(17)15(3)22-12-16-13-23-16/h5,7-10,15-16H,4,6,11-13H2,1-3H3/t15-,16?/m1/s1. The fraction of sp³-hybridized carbons (Fsp3) is 0.526. The first kappa shape index (κ1) is 17.7. The van der Waals surface area contributed by atoms with E-state index in [2.05, 4.69) is 32.1 Å². The molecule has 4 nitrogen and oxygen atoms in total. The average molecular weight is 318 g/mol. The molecule has 1 aromatic carbocycles. The lowest BCUT2D eigenvalue weighted by atomic mass is 9.97. The molecule has 0 N–H and O–H groups in total. The Labute approximate surface area is 138 Å². The molecule has 2 atom stereocenters. The highest BCUT2D eigenvalue weighted by Gasteiger charge is 2.24. The second-order valence-electron chi connectivity index (χ2n) is 5.75. The third kappa shape index (κ3) is 5.81. The van der Waals surface area contributed by atoms with E-state index in [1.165, 1.54) is 11.1 Å². The van der Waals surface area contributed by atoms with Gasteiger partial charge in [-0.05, 0) is 43.9 Å². The van der Waals surface area contributed by atoms with Crippen LogP contribution < -0.4 is 0 Å². The molecule has 4 heteroatoms. The van der Waals surface area contributed by atoms with Gasteiger partial charge in [-0.15, -0.1) is 0 Å². The molecule has 0 amide bonds. The molecule has 2 rings (SSSR count). The minimum absolute atomic E-state index is 0.0174. The Hall–Kier alpha value is -1.65. The van der Waals surface area contributed by atoms with E-state index >= 15 is 0 Å². The first-order valence-corrected chi connectivity index (χ1v) is 8.26. The van der Waals surface area contributed by atoms with Crippen LogP contribution in [0.1, 0.15) is 49.5 Å². The number of carbonyl (C=O) groups is 1. The molecule has 1 aliphatic rings. The number of esters is 1. The Bertz CT molecular complexity index is 546. The maximum atomic E-state index is 11.4. The largest absolute Gasteiger partial charge is 0.466 e.